The highest BCUT2D eigenvalue weighted by molar-refractivity contribution is 8.14. The minimum Gasteiger partial charge on any atom is -0.359 e. The Kier molecular flexibility index (Phi) is 3.61. The monoisotopic (exact) mass is 284 g/mol. The third-order valence-corrected chi connectivity index (χ3v) is 7.45. The highest BCUT2D eigenvalue weighted by atomic mass is 32.2. The van der Waals surface area contributed by atoms with Crippen LogP contribution in [0, 0.1) is 5.92 Å². The van der Waals surface area contributed by atoms with Crippen molar-refractivity contribution in [3.05, 3.63) is 0 Å². The summed E-state index contributed by atoms with van der Waals surface area (Å²) in [7, 11) is 0. The average Bonchev–Trinajstić information content (AvgIpc) is 3.08. The number of hydrogen-bond donors (Lipinski definition) is 1. The molecular weight excluding hydrogens is 260 g/mol. The highest BCUT2D eigenvalue weighted by Crippen LogP contribution is 2.47. The van der Waals surface area contributed by atoms with Crippen molar-refractivity contribution in [3.63, 3.8) is 0 Å². The van der Waals surface area contributed by atoms with Gasteiger partial charge >= 0.3 is 0 Å². The average molecular weight is 284 g/mol. The number of nitrogens with zero attached hydrogens (tertiary/aromatic N) is 1. The zero-order valence-electron chi connectivity index (χ0n) is 11.5. The van der Waals surface area contributed by atoms with E-state index in [9.17, 15) is 0 Å². The number of aliphatic imine (C=N–C) groups is 1. The minimum atomic E-state index is 0.395. The molecule has 2 nitrogen and oxygen atoms in total. The predicted molar refractivity (Wildman–Crippen MR) is 83.7 cm³/mol. The lowest BCUT2D eigenvalue weighted by molar-refractivity contribution is 0.251. The Balaban J connectivity index is 1.56. The summed E-state index contributed by atoms with van der Waals surface area (Å²) in [5.41, 5.74) is 0.395. The number of hydrogen-bond acceptors (Lipinski definition) is 3. The first-order valence-electron chi connectivity index (χ1n) is 7.16. The summed E-state index contributed by atoms with van der Waals surface area (Å²) in [6, 6.07) is 0. The van der Waals surface area contributed by atoms with Crippen LogP contribution in [0.2, 0.25) is 0 Å². The van der Waals surface area contributed by atoms with Gasteiger partial charge in [-0.05, 0) is 50.7 Å². The van der Waals surface area contributed by atoms with Gasteiger partial charge in [-0.15, -0.1) is 0 Å². The second-order valence-electron chi connectivity index (χ2n) is 6.39. The molecule has 0 amide bonds. The topological polar surface area (TPSA) is 24.4 Å². The van der Waals surface area contributed by atoms with Crippen molar-refractivity contribution in [2.45, 2.75) is 55.7 Å². The SMILES string of the molecule is CSC1(CN=C2NC3(CCC(C)CC3)CS2)CC1. The maximum atomic E-state index is 4.84. The molecule has 2 aliphatic carbocycles. The van der Waals surface area contributed by atoms with E-state index in [4.69, 9.17) is 4.99 Å². The van der Waals surface area contributed by atoms with Crippen molar-refractivity contribution in [2.75, 3.05) is 18.6 Å². The fourth-order valence-electron chi connectivity index (χ4n) is 2.96. The van der Waals surface area contributed by atoms with Crippen LogP contribution in [0.5, 0.6) is 0 Å². The van der Waals surface area contributed by atoms with Gasteiger partial charge in [0.25, 0.3) is 0 Å². The van der Waals surface area contributed by atoms with Crippen LogP contribution in [0.1, 0.15) is 45.4 Å². The van der Waals surface area contributed by atoms with E-state index in [2.05, 4.69) is 18.5 Å². The largest absolute Gasteiger partial charge is 0.359 e. The Labute approximate surface area is 119 Å². The first-order valence-corrected chi connectivity index (χ1v) is 9.37. The molecule has 2 saturated carbocycles. The molecule has 1 heterocycles. The zero-order valence-corrected chi connectivity index (χ0v) is 13.1. The molecule has 0 unspecified atom stereocenters. The molecule has 1 spiro atoms. The number of thioether (sulfide) groups is 2. The van der Waals surface area contributed by atoms with Gasteiger partial charge in [-0.1, -0.05) is 18.7 Å². The van der Waals surface area contributed by atoms with E-state index in [1.54, 1.807) is 0 Å². The molecule has 4 heteroatoms. The predicted octanol–water partition coefficient (Wildman–Crippen LogP) is 3.52. The van der Waals surface area contributed by atoms with Crippen LogP contribution in [0.3, 0.4) is 0 Å². The highest BCUT2D eigenvalue weighted by Gasteiger charge is 2.43. The third kappa shape index (κ3) is 2.69. The van der Waals surface area contributed by atoms with Crippen molar-refractivity contribution in [2.24, 2.45) is 10.9 Å². The molecule has 1 N–H and O–H groups in total. The van der Waals surface area contributed by atoms with Crippen LogP contribution in [0.25, 0.3) is 0 Å². The normalized spacial score (nSPS) is 40.1. The van der Waals surface area contributed by atoms with Gasteiger partial charge in [-0.2, -0.15) is 11.8 Å². The summed E-state index contributed by atoms with van der Waals surface area (Å²) >= 11 is 3.96. The first kappa shape index (κ1) is 13.2. The van der Waals surface area contributed by atoms with Crippen molar-refractivity contribution < 1.29 is 0 Å². The van der Waals surface area contributed by atoms with Gasteiger partial charge in [-0.25, -0.2) is 0 Å². The molecule has 0 aromatic carbocycles. The van der Waals surface area contributed by atoms with E-state index >= 15 is 0 Å². The summed E-state index contributed by atoms with van der Waals surface area (Å²) in [4.78, 5) is 4.84. The van der Waals surface area contributed by atoms with Crippen LogP contribution < -0.4 is 5.32 Å². The molecule has 18 heavy (non-hydrogen) atoms. The van der Waals surface area contributed by atoms with Gasteiger partial charge in [0.05, 0.1) is 6.54 Å². The molecule has 1 aliphatic heterocycles. The van der Waals surface area contributed by atoms with E-state index in [-0.39, 0.29) is 0 Å². The smallest absolute Gasteiger partial charge is 0.157 e. The van der Waals surface area contributed by atoms with Gasteiger partial charge in [-0.3, -0.25) is 4.99 Å². The third-order valence-electron chi connectivity index (χ3n) is 4.84. The molecule has 1 saturated heterocycles. The van der Waals surface area contributed by atoms with E-state index in [0.717, 1.165) is 12.5 Å². The molecule has 0 aromatic heterocycles. The summed E-state index contributed by atoms with van der Waals surface area (Å²) in [5, 5.41) is 4.98. The molecule has 0 radical (unpaired) electrons. The Morgan fingerprint density at radius 2 is 2.06 bits per heavy atom. The fraction of sp³-hybridized carbons (Fsp3) is 0.929. The summed E-state index contributed by atoms with van der Waals surface area (Å²) < 4.78 is 0.506. The van der Waals surface area contributed by atoms with E-state index in [0.29, 0.717) is 10.3 Å². The van der Waals surface area contributed by atoms with E-state index in [1.165, 1.54) is 49.4 Å². The molecule has 3 fully saturated rings. The van der Waals surface area contributed by atoms with Crippen LogP contribution in [0.4, 0.5) is 0 Å². The van der Waals surface area contributed by atoms with Gasteiger partial charge in [0.15, 0.2) is 5.17 Å². The summed E-state index contributed by atoms with van der Waals surface area (Å²) in [6.07, 6.45) is 10.4. The van der Waals surface area contributed by atoms with E-state index in [1.807, 2.05) is 23.5 Å². The number of nitrogens with one attached hydrogen (secondary N) is 1. The van der Waals surface area contributed by atoms with Crippen molar-refractivity contribution in [3.8, 4) is 0 Å². The Morgan fingerprint density at radius 3 is 2.67 bits per heavy atom. The van der Waals surface area contributed by atoms with Gasteiger partial charge < -0.3 is 5.32 Å². The minimum absolute atomic E-state index is 0.395. The maximum Gasteiger partial charge on any atom is 0.157 e. The standard InChI is InChI=1S/C14H24N2S2/c1-11-3-5-13(6-4-11)10-18-12(16-13)15-9-14(17-2)7-8-14/h11H,3-10H2,1-2H3,(H,15,16). The molecule has 0 bridgehead atoms. The number of amidine groups is 1. The van der Waals surface area contributed by atoms with Gasteiger partial charge in [0, 0.05) is 16.0 Å². The Hall–Kier alpha value is 0.170. The molecule has 0 aromatic rings. The van der Waals surface area contributed by atoms with E-state index < -0.39 is 0 Å². The van der Waals surface area contributed by atoms with Crippen LogP contribution in [-0.4, -0.2) is 34.0 Å². The summed E-state index contributed by atoms with van der Waals surface area (Å²) in [6.45, 7) is 3.41. The maximum absolute atomic E-state index is 4.84. The molecule has 3 aliphatic rings. The zero-order chi connectivity index (χ0) is 12.6. The van der Waals surface area contributed by atoms with Crippen LogP contribution >= 0.6 is 23.5 Å². The quantitative estimate of drug-likeness (QED) is 0.858. The lowest BCUT2D eigenvalue weighted by Gasteiger charge is -2.35. The molecule has 3 rings (SSSR count). The Morgan fingerprint density at radius 1 is 1.33 bits per heavy atom. The molecular formula is C14H24N2S2. The van der Waals surface area contributed by atoms with Crippen molar-refractivity contribution >= 4 is 28.7 Å². The van der Waals surface area contributed by atoms with Gasteiger partial charge in [0.1, 0.15) is 0 Å². The first-order chi connectivity index (χ1) is 8.65. The summed E-state index contributed by atoms with van der Waals surface area (Å²) in [5.74, 6) is 2.17. The lowest BCUT2D eigenvalue weighted by Crippen LogP contribution is -2.46. The lowest BCUT2D eigenvalue weighted by atomic mass is 9.78. The number of rotatable bonds is 3. The van der Waals surface area contributed by atoms with Crippen LogP contribution in [0.15, 0.2) is 4.99 Å². The Bertz CT molecular complexity index is 342. The van der Waals surface area contributed by atoms with Crippen molar-refractivity contribution in [1.82, 2.24) is 5.32 Å². The molecule has 102 valence electrons. The van der Waals surface area contributed by atoms with Crippen molar-refractivity contribution in [1.29, 1.82) is 0 Å². The molecule has 0 atom stereocenters. The van der Waals surface area contributed by atoms with Gasteiger partial charge in [0.2, 0.25) is 0 Å². The van der Waals surface area contributed by atoms with Crippen LogP contribution in [-0.2, 0) is 0 Å². The fourth-order valence-corrected chi connectivity index (χ4v) is 4.88. The second kappa shape index (κ2) is 4.93. The second-order valence-corrected chi connectivity index (χ2v) is 8.62.